The van der Waals surface area contributed by atoms with Gasteiger partial charge in [0.15, 0.2) is 6.61 Å². The van der Waals surface area contributed by atoms with E-state index < -0.39 is 0 Å². The molecular formula is C26H30N2O2S. The molecule has 0 aliphatic heterocycles. The summed E-state index contributed by atoms with van der Waals surface area (Å²) < 4.78 is 0. The van der Waals surface area contributed by atoms with Gasteiger partial charge in [0.2, 0.25) is 0 Å². The summed E-state index contributed by atoms with van der Waals surface area (Å²) in [5.74, 6) is -0.0373. The van der Waals surface area contributed by atoms with Crippen LogP contribution in [0.1, 0.15) is 32.3 Å². The summed E-state index contributed by atoms with van der Waals surface area (Å²) in [5, 5.41) is 6.77. The predicted octanol–water partition coefficient (Wildman–Crippen LogP) is 5.95. The molecule has 0 atom stereocenters. The van der Waals surface area contributed by atoms with Crippen LogP contribution < -0.4 is 0 Å². The number of fused-ring (bicyclic) bond motifs is 1. The number of likely N-dealkylation sites (N-methyl/N-ethyl adjacent to an activating group) is 1. The lowest BCUT2D eigenvalue weighted by Gasteiger charge is -2.19. The third-order valence-electron chi connectivity index (χ3n) is 5.23. The number of hydrogen-bond donors (Lipinski definition) is 0. The lowest BCUT2D eigenvalue weighted by atomic mass is 9.95. The fraction of sp³-hybridized carbons (Fsp3) is 0.308. The van der Waals surface area contributed by atoms with Gasteiger partial charge in [-0.1, -0.05) is 72.8 Å². The van der Waals surface area contributed by atoms with Gasteiger partial charge in [0.05, 0.1) is 0 Å². The minimum Gasteiger partial charge on any atom is -0.385 e. The third kappa shape index (κ3) is 5.88. The molecular weight excluding hydrogens is 404 g/mol. The Morgan fingerprint density at radius 3 is 2.71 bits per heavy atom. The Labute approximate surface area is 189 Å². The van der Waals surface area contributed by atoms with Crippen LogP contribution in [0.2, 0.25) is 0 Å². The lowest BCUT2D eigenvalue weighted by molar-refractivity contribution is -0.135. The van der Waals surface area contributed by atoms with Crippen molar-refractivity contribution >= 4 is 34.2 Å². The van der Waals surface area contributed by atoms with E-state index in [0.29, 0.717) is 6.54 Å². The number of carbonyl (C=O) groups is 1. The van der Waals surface area contributed by atoms with Gasteiger partial charge in [-0.15, -0.1) is 11.8 Å². The summed E-state index contributed by atoms with van der Waals surface area (Å²) >= 11 is 1.71. The van der Waals surface area contributed by atoms with Gasteiger partial charge in [0.1, 0.15) is 5.71 Å². The highest BCUT2D eigenvalue weighted by Crippen LogP contribution is 2.26. The molecule has 1 amide bonds. The number of allylic oxidation sites excluding steroid dienone is 5. The lowest BCUT2D eigenvalue weighted by Crippen LogP contribution is -2.34. The molecule has 0 bridgehead atoms. The maximum atomic E-state index is 12.5. The molecule has 2 aromatic rings. The monoisotopic (exact) mass is 434 g/mol. The minimum atomic E-state index is -0.0584. The quantitative estimate of drug-likeness (QED) is 0.362. The number of amides is 1. The third-order valence-corrected chi connectivity index (χ3v) is 5.97. The number of oxime groups is 1. The van der Waals surface area contributed by atoms with E-state index in [4.69, 9.17) is 4.84 Å². The maximum absolute atomic E-state index is 12.5. The normalized spacial score (nSPS) is 14.1. The SMILES string of the molecule is CCCN(CC)C(=O)CO/N=C(/C1=CC=C(SC)C=CC1)c1cccc2ccccc12. The fourth-order valence-electron chi connectivity index (χ4n) is 3.61. The predicted molar refractivity (Wildman–Crippen MR) is 132 cm³/mol. The summed E-state index contributed by atoms with van der Waals surface area (Å²) in [4.78, 5) is 21.1. The van der Waals surface area contributed by atoms with Crippen LogP contribution in [0.4, 0.5) is 0 Å². The fourth-order valence-corrected chi connectivity index (χ4v) is 4.04. The van der Waals surface area contributed by atoms with Gasteiger partial charge in [0, 0.05) is 23.6 Å². The molecule has 162 valence electrons. The van der Waals surface area contributed by atoms with Gasteiger partial charge in [-0.25, -0.2) is 0 Å². The summed E-state index contributed by atoms with van der Waals surface area (Å²) in [6.07, 6.45) is 12.2. The Kier molecular flexibility index (Phi) is 8.53. The van der Waals surface area contributed by atoms with Gasteiger partial charge in [-0.2, -0.15) is 0 Å². The molecule has 0 saturated carbocycles. The molecule has 0 aromatic heterocycles. The van der Waals surface area contributed by atoms with Crippen molar-refractivity contribution in [3.05, 3.63) is 82.8 Å². The van der Waals surface area contributed by atoms with Crippen LogP contribution >= 0.6 is 11.8 Å². The van der Waals surface area contributed by atoms with E-state index >= 15 is 0 Å². The van der Waals surface area contributed by atoms with Crippen LogP contribution in [-0.4, -0.2) is 42.5 Å². The van der Waals surface area contributed by atoms with E-state index in [-0.39, 0.29) is 12.5 Å². The molecule has 3 rings (SSSR count). The molecule has 1 aliphatic rings. The molecule has 0 spiro atoms. The van der Waals surface area contributed by atoms with E-state index in [9.17, 15) is 4.79 Å². The maximum Gasteiger partial charge on any atom is 0.263 e. The van der Waals surface area contributed by atoms with Crippen molar-refractivity contribution in [2.45, 2.75) is 26.7 Å². The Balaban J connectivity index is 1.96. The van der Waals surface area contributed by atoms with Gasteiger partial charge in [0.25, 0.3) is 5.91 Å². The molecule has 2 aromatic carbocycles. The molecule has 31 heavy (non-hydrogen) atoms. The first-order chi connectivity index (χ1) is 15.2. The molecule has 5 heteroatoms. The molecule has 0 saturated heterocycles. The summed E-state index contributed by atoms with van der Waals surface area (Å²) in [6, 6.07) is 14.5. The van der Waals surface area contributed by atoms with E-state index in [1.54, 1.807) is 16.7 Å². The number of carbonyl (C=O) groups excluding carboxylic acids is 1. The number of thioether (sulfide) groups is 1. The van der Waals surface area contributed by atoms with Crippen molar-refractivity contribution in [3.8, 4) is 0 Å². The van der Waals surface area contributed by atoms with Crippen molar-refractivity contribution in [2.75, 3.05) is 26.0 Å². The molecule has 0 unspecified atom stereocenters. The van der Waals surface area contributed by atoms with E-state index in [2.05, 4.69) is 66.9 Å². The van der Waals surface area contributed by atoms with E-state index in [1.165, 1.54) is 4.91 Å². The minimum absolute atomic E-state index is 0.0373. The summed E-state index contributed by atoms with van der Waals surface area (Å²) in [6.45, 7) is 5.40. The van der Waals surface area contributed by atoms with Crippen LogP contribution in [0.3, 0.4) is 0 Å². The highest BCUT2D eigenvalue weighted by atomic mass is 32.2. The molecule has 4 nitrogen and oxygen atoms in total. The summed E-state index contributed by atoms with van der Waals surface area (Å²) in [7, 11) is 0. The first kappa shape index (κ1) is 22.9. The van der Waals surface area contributed by atoms with Crippen molar-refractivity contribution < 1.29 is 9.63 Å². The first-order valence-electron chi connectivity index (χ1n) is 10.8. The van der Waals surface area contributed by atoms with Crippen LogP contribution in [0.25, 0.3) is 10.8 Å². The Morgan fingerprint density at radius 2 is 1.94 bits per heavy atom. The van der Waals surface area contributed by atoms with Crippen molar-refractivity contribution in [1.29, 1.82) is 0 Å². The first-order valence-corrected chi connectivity index (χ1v) is 12.0. The Morgan fingerprint density at radius 1 is 1.13 bits per heavy atom. The van der Waals surface area contributed by atoms with Gasteiger partial charge in [-0.3, -0.25) is 4.79 Å². The number of benzene rings is 2. The van der Waals surface area contributed by atoms with Crippen molar-refractivity contribution in [2.24, 2.45) is 5.16 Å². The molecule has 1 aliphatic carbocycles. The number of rotatable bonds is 9. The molecule has 0 heterocycles. The van der Waals surface area contributed by atoms with Crippen LogP contribution in [0.5, 0.6) is 0 Å². The second-order valence-corrected chi connectivity index (χ2v) is 8.16. The Hall–Kier alpha value is -2.79. The zero-order valence-electron chi connectivity index (χ0n) is 18.5. The second-order valence-electron chi connectivity index (χ2n) is 7.29. The highest BCUT2D eigenvalue weighted by molar-refractivity contribution is 8.02. The smallest absolute Gasteiger partial charge is 0.263 e. The standard InChI is InChI=1S/C26H30N2O2S/c1-4-18-28(5-2)25(29)19-30-27-26(21-12-8-13-22(31-3)17-16-21)24-15-9-11-20-10-6-7-14-23(20)24/h6-11,13-17H,4-5,12,18-19H2,1-3H3/b27-26-. The zero-order valence-corrected chi connectivity index (χ0v) is 19.3. The second kappa shape index (κ2) is 11.6. The average molecular weight is 435 g/mol. The Bertz CT molecular complexity index is 1030. The van der Waals surface area contributed by atoms with Gasteiger partial charge >= 0.3 is 0 Å². The van der Waals surface area contributed by atoms with Gasteiger partial charge < -0.3 is 9.74 Å². The van der Waals surface area contributed by atoms with Crippen molar-refractivity contribution in [3.63, 3.8) is 0 Å². The van der Waals surface area contributed by atoms with E-state index in [0.717, 1.165) is 47.0 Å². The molecule has 0 fully saturated rings. The van der Waals surface area contributed by atoms with Crippen LogP contribution in [0, 0.1) is 0 Å². The highest BCUT2D eigenvalue weighted by Gasteiger charge is 2.16. The number of hydrogen-bond acceptors (Lipinski definition) is 4. The van der Waals surface area contributed by atoms with E-state index in [1.807, 2.05) is 25.1 Å². The molecule has 0 radical (unpaired) electrons. The van der Waals surface area contributed by atoms with Crippen molar-refractivity contribution in [1.82, 2.24) is 4.90 Å². The topological polar surface area (TPSA) is 41.9 Å². The van der Waals surface area contributed by atoms with Crippen LogP contribution in [0.15, 0.2) is 82.4 Å². The molecule has 0 N–H and O–H groups in total. The average Bonchev–Trinajstić information content (AvgIpc) is 3.05. The van der Waals surface area contributed by atoms with Gasteiger partial charge in [-0.05, 0) is 48.4 Å². The number of nitrogens with zero attached hydrogens (tertiary/aromatic N) is 2. The van der Waals surface area contributed by atoms with Crippen LogP contribution in [-0.2, 0) is 9.63 Å². The zero-order chi connectivity index (χ0) is 22.1. The largest absolute Gasteiger partial charge is 0.385 e. The summed E-state index contributed by atoms with van der Waals surface area (Å²) in [5.41, 5.74) is 2.84.